The van der Waals surface area contributed by atoms with E-state index in [4.69, 9.17) is 11.6 Å². The van der Waals surface area contributed by atoms with Crippen molar-refractivity contribution in [3.8, 4) is 0 Å². The van der Waals surface area contributed by atoms with Gasteiger partial charge in [-0.25, -0.2) is 4.39 Å². The van der Waals surface area contributed by atoms with Gasteiger partial charge in [0.25, 0.3) is 5.91 Å². The molecular weight excluding hydrogens is 298 g/mol. The van der Waals surface area contributed by atoms with Crippen LogP contribution < -0.4 is 5.32 Å². The molecule has 0 aliphatic rings. The molecular formula is C13H14ClF4NO. The van der Waals surface area contributed by atoms with Gasteiger partial charge in [0.05, 0.1) is 11.1 Å². The summed E-state index contributed by atoms with van der Waals surface area (Å²) in [5.41, 5.74) is -2.06. The second-order valence-corrected chi connectivity index (χ2v) is 4.84. The van der Waals surface area contributed by atoms with Crippen LogP contribution >= 0.6 is 11.6 Å². The SMILES string of the molecule is CC(CCCl)CNC(=O)c1cccc(C(F)(F)F)c1F. The highest BCUT2D eigenvalue weighted by Crippen LogP contribution is 2.32. The molecule has 0 heterocycles. The Kier molecular flexibility index (Phi) is 5.80. The van der Waals surface area contributed by atoms with E-state index in [-0.39, 0.29) is 12.5 Å². The van der Waals surface area contributed by atoms with Gasteiger partial charge in [-0.2, -0.15) is 13.2 Å². The zero-order chi connectivity index (χ0) is 15.3. The lowest BCUT2D eigenvalue weighted by Crippen LogP contribution is -2.29. The first kappa shape index (κ1) is 16.8. The van der Waals surface area contributed by atoms with Gasteiger partial charge in [0.15, 0.2) is 0 Å². The minimum Gasteiger partial charge on any atom is -0.352 e. The number of carbonyl (C=O) groups excluding carboxylic acids is 1. The highest BCUT2D eigenvalue weighted by molar-refractivity contribution is 6.17. The third-order valence-corrected chi connectivity index (χ3v) is 2.98. The van der Waals surface area contributed by atoms with Crippen LogP contribution in [0.2, 0.25) is 0 Å². The van der Waals surface area contributed by atoms with Crippen LogP contribution in [0.15, 0.2) is 18.2 Å². The fraction of sp³-hybridized carbons (Fsp3) is 0.462. The van der Waals surface area contributed by atoms with Crippen molar-refractivity contribution in [2.45, 2.75) is 19.5 Å². The maximum absolute atomic E-state index is 13.7. The molecule has 1 aromatic carbocycles. The van der Waals surface area contributed by atoms with E-state index in [1.807, 2.05) is 6.92 Å². The summed E-state index contributed by atoms with van der Waals surface area (Å²) in [4.78, 5) is 11.7. The third-order valence-electron chi connectivity index (χ3n) is 2.76. The molecule has 112 valence electrons. The Balaban J connectivity index is 2.84. The van der Waals surface area contributed by atoms with Gasteiger partial charge in [-0.05, 0) is 24.5 Å². The average Bonchev–Trinajstić information content (AvgIpc) is 2.35. The fourth-order valence-electron chi connectivity index (χ4n) is 1.58. The first-order valence-electron chi connectivity index (χ1n) is 5.97. The van der Waals surface area contributed by atoms with E-state index >= 15 is 0 Å². The van der Waals surface area contributed by atoms with Gasteiger partial charge in [-0.15, -0.1) is 11.6 Å². The van der Waals surface area contributed by atoms with Crippen molar-refractivity contribution in [2.75, 3.05) is 12.4 Å². The van der Waals surface area contributed by atoms with Crippen molar-refractivity contribution in [2.24, 2.45) is 5.92 Å². The molecule has 0 radical (unpaired) electrons. The van der Waals surface area contributed by atoms with Gasteiger partial charge in [0.2, 0.25) is 0 Å². The van der Waals surface area contributed by atoms with E-state index < -0.39 is 29.0 Å². The maximum Gasteiger partial charge on any atom is 0.419 e. The first-order chi connectivity index (χ1) is 9.27. The van der Waals surface area contributed by atoms with Gasteiger partial charge in [0, 0.05) is 12.4 Å². The second-order valence-electron chi connectivity index (χ2n) is 4.46. The molecule has 20 heavy (non-hydrogen) atoms. The Bertz CT molecular complexity index is 476. The minimum absolute atomic E-state index is 0.0605. The van der Waals surface area contributed by atoms with Crippen LogP contribution in [0.5, 0.6) is 0 Å². The summed E-state index contributed by atoms with van der Waals surface area (Å²) in [6.45, 7) is 2.05. The third kappa shape index (κ3) is 4.37. The molecule has 0 saturated heterocycles. The van der Waals surface area contributed by atoms with Crippen LogP contribution in [-0.2, 0) is 6.18 Å². The van der Waals surface area contributed by atoms with Crippen molar-refractivity contribution in [3.05, 3.63) is 35.1 Å². The molecule has 1 amide bonds. The normalized spacial score (nSPS) is 13.1. The van der Waals surface area contributed by atoms with E-state index in [0.717, 1.165) is 12.1 Å². The standard InChI is InChI=1S/C13H14ClF4NO/c1-8(5-6-14)7-19-12(20)9-3-2-4-10(11(9)15)13(16,17)18/h2-4,8H,5-7H2,1H3,(H,19,20). The summed E-state index contributed by atoms with van der Waals surface area (Å²) in [5, 5.41) is 2.40. The van der Waals surface area contributed by atoms with Gasteiger partial charge in [0.1, 0.15) is 5.82 Å². The van der Waals surface area contributed by atoms with Gasteiger partial charge < -0.3 is 5.32 Å². The number of halogens is 5. The minimum atomic E-state index is -4.83. The van der Waals surface area contributed by atoms with Crippen molar-refractivity contribution >= 4 is 17.5 Å². The Labute approximate surface area is 119 Å². The van der Waals surface area contributed by atoms with Crippen LogP contribution in [0, 0.1) is 11.7 Å². The first-order valence-corrected chi connectivity index (χ1v) is 6.50. The number of rotatable bonds is 5. The number of hydrogen-bond acceptors (Lipinski definition) is 1. The monoisotopic (exact) mass is 311 g/mol. The van der Waals surface area contributed by atoms with Gasteiger partial charge in [-0.1, -0.05) is 13.0 Å². The molecule has 0 bridgehead atoms. The summed E-state index contributed by atoms with van der Waals surface area (Å²) in [6.07, 6.45) is -4.18. The van der Waals surface area contributed by atoms with E-state index in [0.29, 0.717) is 18.4 Å². The number of carbonyl (C=O) groups is 1. The molecule has 7 heteroatoms. The molecule has 2 nitrogen and oxygen atoms in total. The van der Waals surface area contributed by atoms with Crippen molar-refractivity contribution < 1.29 is 22.4 Å². The number of amides is 1. The smallest absolute Gasteiger partial charge is 0.352 e. The molecule has 1 unspecified atom stereocenters. The molecule has 0 fully saturated rings. The van der Waals surface area contributed by atoms with E-state index in [9.17, 15) is 22.4 Å². The molecule has 1 aromatic rings. The average molecular weight is 312 g/mol. The molecule has 0 saturated carbocycles. The highest BCUT2D eigenvalue weighted by atomic mass is 35.5. The second kappa shape index (κ2) is 6.92. The molecule has 1 N–H and O–H groups in total. The van der Waals surface area contributed by atoms with Crippen LogP contribution in [0.4, 0.5) is 17.6 Å². The molecule has 1 rings (SSSR count). The van der Waals surface area contributed by atoms with Crippen LogP contribution in [0.3, 0.4) is 0 Å². The molecule has 0 spiro atoms. The van der Waals surface area contributed by atoms with Crippen molar-refractivity contribution in [1.29, 1.82) is 0 Å². The maximum atomic E-state index is 13.7. The zero-order valence-electron chi connectivity index (χ0n) is 10.7. The van der Waals surface area contributed by atoms with Crippen LogP contribution in [-0.4, -0.2) is 18.3 Å². The Morgan fingerprint density at radius 2 is 2.05 bits per heavy atom. The lowest BCUT2D eigenvalue weighted by molar-refractivity contribution is -0.140. The van der Waals surface area contributed by atoms with E-state index in [1.54, 1.807) is 0 Å². The summed E-state index contributed by atoms with van der Waals surface area (Å²) < 4.78 is 51.3. The van der Waals surface area contributed by atoms with E-state index in [2.05, 4.69) is 5.32 Å². The van der Waals surface area contributed by atoms with Crippen LogP contribution in [0.1, 0.15) is 29.3 Å². The lowest BCUT2D eigenvalue weighted by Gasteiger charge is -2.13. The Morgan fingerprint density at radius 3 is 2.60 bits per heavy atom. The van der Waals surface area contributed by atoms with Crippen LogP contribution in [0.25, 0.3) is 0 Å². The Hall–Kier alpha value is -1.30. The molecule has 1 atom stereocenters. The summed E-state index contributed by atoms with van der Waals surface area (Å²) in [6, 6.07) is 2.62. The van der Waals surface area contributed by atoms with Crippen molar-refractivity contribution in [1.82, 2.24) is 5.32 Å². The zero-order valence-corrected chi connectivity index (χ0v) is 11.5. The fourth-order valence-corrected chi connectivity index (χ4v) is 1.95. The Morgan fingerprint density at radius 1 is 1.40 bits per heavy atom. The predicted molar refractivity (Wildman–Crippen MR) is 68.2 cm³/mol. The molecule has 0 aliphatic carbocycles. The number of benzene rings is 1. The van der Waals surface area contributed by atoms with Gasteiger partial charge >= 0.3 is 6.18 Å². The molecule has 0 aromatic heterocycles. The van der Waals surface area contributed by atoms with Crippen molar-refractivity contribution in [3.63, 3.8) is 0 Å². The predicted octanol–water partition coefficient (Wildman–Crippen LogP) is 3.84. The van der Waals surface area contributed by atoms with E-state index in [1.165, 1.54) is 0 Å². The largest absolute Gasteiger partial charge is 0.419 e. The number of hydrogen-bond donors (Lipinski definition) is 1. The number of nitrogens with one attached hydrogen (secondary N) is 1. The topological polar surface area (TPSA) is 29.1 Å². The molecule has 0 aliphatic heterocycles. The summed E-state index contributed by atoms with van der Waals surface area (Å²) >= 11 is 5.53. The quantitative estimate of drug-likeness (QED) is 0.649. The lowest BCUT2D eigenvalue weighted by atomic mass is 10.1. The van der Waals surface area contributed by atoms with Gasteiger partial charge in [-0.3, -0.25) is 4.79 Å². The highest BCUT2D eigenvalue weighted by Gasteiger charge is 2.35. The summed E-state index contributed by atoms with van der Waals surface area (Å²) in [5.74, 6) is -1.95. The number of alkyl halides is 4. The summed E-state index contributed by atoms with van der Waals surface area (Å²) in [7, 11) is 0.